The van der Waals surface area contributed by atoms with Crippen LogP contribution >= 0.6 is 0 Å². The summed E-state index contributed by atoms with van der Waals surface area (Å²) in [6.07, 6.45) is 0. The average molecular weight is 399 g/mol. The van der Waals surface area contributed by atoms with Gasteiger partial charge in [-0.3, -0.25) is 0 Å². The van der Waals surface area contributed by atoms with E-state index in [1.54, 1.807) is 0 Å². The molecule has 0 atom stereocenters. The van der Waals surface area contributed by atoms with E-state index in [0.717, 1.165) is 22.8 Å². The minimum atomic E-state index is 0.352. The molecule has 0 saturated carbocycles. The molecule has 1 heterocycles. The quantitative estimate of drug-likeness (QED) is 0.371. The molecule has 3 heteroatoms. The maximum atomic E-state index is 6.35. The Morgan fingerprint density at radius 2 is 1.60 bits per heavy atom. The van der Waals surface area contributed by atoms with Crippen molar-refractivity contribution in [3.8, 4) is 5.75 Å². The average Bonchev–Trinajstić information content (AvgIpc) is 2.75. The molecule has 0 aliphatic rings. The molecule has 30 heavy (non-hydrogen) atoms. The van der Waals surface area contributed by atoms with Gasteiger partial charge in [0.05, 0.1) is 5.69 Å². The van der Waals surface area contributed by atoms with Crippen molar-refractivity contribution in [2.75, 3.05) is 12.4 Å². The summed E-state index contributed by atoms with van der Waals surface area (Å²) in [5.41, 5.74) is 3.55. The number of fused-ring (bicyclic) bond motifs is 2. The van der Waals surface area contributed by atoms with E-state index in [-0.39, 0.29) is 0 Å². The lowest BCUT2D eigenvalue weighted by Crippen LogP contribution is -2.03. The second-order valence-electron chi connectivity index (χ2n) is 8.49. The molecule has 3 nitrogen and oxygen atoms in total. The van der Waals surface area contributed by atoms with Gasteiger partial charge in [0.15, 0.2) is 0 Å². The van der Waals surface area contributed by atoms with E-state index >= 15 is 0 Å². The number of hydrogen-bond donors (Lipinski definition) is 1. The fraction of sp³-hybridized carbons (Fsp3) is 0.296. The van der Waals surface area contributed by atoms with Crippen molar-refractivity contribution in [2.24, 2.45) is 0 Å². The van der Waals surface area contributed by atoms with Crippen molar-refractivity contribution >= 4 is 27.4 Å². The van der Waals surface area contributed by atoms with Crippen LogP contribution in [0.5, 0.6) is 5.75 Å². The molecule has 0 bridgehead atoms. The van der Waals surface area contributed by atoms with Crippen molar-refractivity contribution in [1.82, 2.24) is 4.98 Å². The van der Waals surface area contributed by atoms with Gasteiger partial charge in [0, 0.05) is 18.0 Å². The van der Waals surface area contributed by atoms with Crippen LogP contribution in [0, 0.1) is 0 Å². The molecule has 0 aliphatic carbocycles. The van der Waals surface area contributed by atoms with Crippen molar-refractivity contribution < 1.29 is 4.74 Å². The van der Waals surface area contributed by atoms with E-state index in [9.17, 15) is 0 Å². The molecule has 1 N–H and O–H groups in total. The third-order valence-electron chi connectivity index (χ3n) is 5.63. The molecule has 0 aliphatic heterocycles. The minimum absolute atomic E-state index is 0.352. The molecule has 0 amide bonds. The van der Waals surface area contributed by atoms with Gasteiger partial charge in [0.2, 0.25) is 0 Å². The highest BCUT2D eigenvalue weighted by Crippen LogP contribution is 2.35. The highest BCUT2D eigenvalue weighted by atomic mass is 16.5. The Kier molecular flexibility index (Phi) is 5.63. The SMILES string of the molecule is CNc1cc2ccc(COc3ccc4ccccc4c3C(C)C)cc2c(C(C)C)n1. The first-order valence-corrected chi connectivity index (χ1v) is 10.7. The molecule has 4 rings (SSSR count). The van der Waals surface area contributed by atoms with Crippen LogP contribution in [0.2, 0.25) is 0 Å². The number of ether oxygens (including phenoxy) is 1. The highest BCUT2D eigenvalue weighted by molar-refractivity contribution is 5.89. The molecule has 1 aromatic heterocycles. The van der Waals surface area contributed by atoms with E-state index in [4.69, 9.17) is 9.72 Å². The van der Waals surface area contributed by atoms with Gasteiger partial charge in [-0.1, -0.05) is 70.2 Å². The summed E-state index contributed by atoms with van der Waals surface area (Å²) < 4.78 is 6.35. The van der Waals surface area contributed by atoms with E-state index < -0.39 is 0 Å². The van der Waals surface area contributed by atoms with Crippen molar-refractivity contribution in [3.63, 3.8) is 0 Å². The number of hydrogen-bond acceptors (Lipinski definition) is 3. The predicted molar refractivity (Wildman–Crippen MR) is 128 cm³/mol. The smallest absolute Gasteiger partial charge is 0.126 e. The van der Waals surface area contributed by atoms with Gasteiger partial charge in [0.1, 0.15) is 18.2 Å². The van der Waals surface area contributed by atoms with Crippen LogP contribution in [0.3, 0.4) is 0 Å². The summed E-state index contributed by atoms with van der Waals surface area (Å²) in [6.45, 7) is 9.37. The number of benzene rings is 3. The maximum Gasteiger partial charge on any atom is 0.126 e. The summed E-state index contributed by atoms with van der Waals surface area (Å²) in [4.78, 5) is 4.80. The summed E-state index contributed by atoms with van der Waals surface area (Å²) >= 11 is 0. The van der Waals surface area contributed by atoms with Crippen molar-refractivity contribution in [1.29, 1.82) is 0 Å². The Balaban J connectivity index is 1.69. The summed E-state index contributed by atoms with van der Waals surface area (Å²) in [5, 5.41) is 8.11. The zero-order valence-electron chi connectivity index (χ0n) is 18.5. The fourth-order valence-electron chi connectivity index (χ4n) is 4.14. The zero-order chi connectivity index (χ0) is 21.3. The van der Waals surface area contributed by atoms with Crippen LogP contribution in [-0.2, 0) is 6.61 Å². The van der Waals surface area contributed by atoms with Crippen LogP contribution in [0.1, 0.15) is 56.4 Å². The molecule has 154 valence electrons. The monoisotopic (exact) mass is 398 g/mol. The predicted octanol–water partition coefficient (Wildman–Crippen LogP) is 7.26. The van der Waals surface area contributed by atoms with Gasteiger partial charge in [-0.2, -0.15) is 0 Å². The van der Waals surface area contributed by atoms with Crippen molar-refractivity contribution in [2.45, 2.75) is 46.1 Å². The van der Waals surface area contributed by atoms with Gasteiger partial charge in [0.25, 0.3) is 0 Å². The molecule has 0 fully saturated rings. The Morgan fingerprint density at radius 3 is 2.33 bits per heavy atom. The van der Waals surface area contributed by atoms with Crippen LogP contribution in [0.25, 0.3) is 21.5 Å². The third-order valence-corrected chi connectivity index (χ3v) is 5.63. The van der Waals surface area contributed by atoms with E-state index in [2.05, 4.69) is 93.7 Å². The van der Waals surface area contributed by atoms with E-state index in [1.165, 1.54) is 27.1 Å². The van der Waals surface area contributed by atoms with Gasteiger partial charge >= 0.3 is 0 Å². The van der Waals surface area contributed by atoms with Crippen LogP contribution < -0.4 is 10.1 Å². The Morgan fingerprint density at radius 1 is 0.833 bits per heavy atom. The summed E-state index contributed by atoms with van der Waals surface area (Å²) in [7, 11) is 1.91. The first-order valence-electron chi connectivity index (χ1n) is 10.7. The highest BCUT2D eigenvalue weighted by Gasteiger charge is 2.14. The van der Waals surface area contributed by atoms with Gasteiger partial charge < -0.3 is 10.1 Å². The number of nitrogens with zero attached hydrogens (tertiary/aromatic N) is 1. The number of pyridine rings is 1. The topological polar surface area (TPSA) is 34.1 Å². The number of anilines is 1. The van der Waals surface area contributed by atoms with E-state index in [0.29, 0.717) is 18.4 Å². The first kappa shape index (κ1) is 20.2. The lowest BCUT2D eigenvalue weighted by atomic mass is 9.95. The lowest BCUT2D eigenvalue weighted by molar-refractivity contribution is 0.302. The molecule has 0 spiro atoms. The first-order chi connectivity index (χ1) is 14.5. The van der Waals surface area contributed by atoms with Gasteiger partial charge in [-0.25, -0.2) is 4.98 Å². The summed E-state index contributed by atoms with van der Waals surface area (Å²) in [6, 6.07) is 21.5. The number of rotatable bonds is 6. The molecule has 0 unspecified atom stereocenters. The Labute approximate surface area is 179 Å². The summed E-state index contributed by atoms with van der Waals surface area (Å²) in [5.74, 6) is 2.62. The molecule has 0 radical (unpaired) electrons. The molecule has 4 aromatic rings. The van der Waals surface area contributed by atoms with Crippen LogP contribution in [-0.4, -0.2) is 12.0 Å². The normalized spacial score (nSPS) is 11.6. The largest absolute Gasteiger partial charge is 0.489 e. The second-order valence-corrected chi connectivity index (χ2v) is 8.49. The Bertz CT molecular complexity index is 1190. The van der Waals surface area contributed by atoms with Gasteiger partial charge in [-0.05, 0) is 51.8 Å². The molecule has 0 saturated heterocycles. The fourth-order valence-corrected chi connectivity index (χ4v) is 4.14. The zero-order valence-corrected chi connectivity index (χ0v) is 18.5. The third kappa shape index (κ3) is 3.85. The lowest BCUT2D eigenvalue weighted by Gasteiger charge is -2.18. The van der Waals surface area contributed by atoms with E-state index in [1.807, 2.05) is 7.05 Å². The minimum Gasteiger partial charge on any atom is -0.489 e. The Hall–Kier alpha value is -3.07. The molecule has 3 aromatic carbocycles. The number of aromatic nitrogens is 1. The van der Waals surface area contributed by atoms with Crippen LogP contribution in [0.15, 0.2) is 60.7 Å². The second kappa shape index (κ2) is 8.35. The maximum absolute atomic E-state index is 6.35. The molecular formula is C27H30N2O. The van der Waals surface area contributed by atoms with Gasteiger partial charge in [-0.15, -0.1) is 0 Å². The standard InChI is InChI=1S/C27H30N2O/c1-17(2)26-22-9-7-6-8-20(22)12-13-24(26)30-16-19-10-11-21-15-25(28-5)29-27(18(3)4)23(21)14-19/h6-15,17-18H,16H2,1-5H3,(H,28,29). The number of nitrogens with one attached hydrogen (secondary N) is 1. The molecular weight excluding hydrogens is 368 g/mol. The van der Waals surface area contributed by atoms with Crippen LogP contribution in [0.4, 0.5) is 5.82 Å². The van der Waals surface area contributed by atoms with Crippen molar-refractivity contribution in [3.05, 3.63) is 77.5 Å².